The monoisotopic (exact) mass is 281 g/mol. The van der Waals surface area contributed by atoms with E-state index in [0.717, 1.165) is 31.2 Å². The van der Waals surface area contributed by atoms with Crippen molar-refractivity contribution in [1.82, 2.24) is 5.32 Å². The van der Waals surface area contributed by atoms with Crippen LogP contribution in [0.1, 0.15) is 41.6 Å². The summed E-state index contributed by atoms with van der Waals surface area (Å²) in [4.78, 5) is 12.1. The molecular formula is C15H20ClNO2. The van der Waals surface area contributed by atoms with Gasteiger partial charge in [-0.3, -0.25) is 4.79 Å². The molecule has 0 bridgehead atoms. The third-order valence-corrected chi connectivity index (χ3v) is 4.28. The highest BCUT2D eigenvalue weighted by molar-refractivity contribution is 6.17. The number of nitrogens with one attached hydrogen (secondary N) is 1. The number of rotatable bonds is 5. The highest BCUT2D eigenvalue weighted by atomic mass is 35.5. The van der Waals surface area contributed by atoms with Crippen molar-refractivity contribution in [2.24, 2.45) is 5.41 Å². The molecule has 1 aromatic carbocycles. The van der Waals surface area contributed by atoms with Gasteiger partial charge in [0.25, 0.3) is 5.91 Å². The van der Waals surface area contributed by atoms with Gasteiger partial charge in [-0.15, -0.1) is 11.6 Å². The Morgan fingerprint density at radius 1 is 1.37 bits per heavy atom. The van der Waals surface area contributed by atoms with E-state index in [2.05, 4.69) is 5.32 Å². The van der Waals surface area contributed by atoms with Gasteiger partial charge in [0.1, 0.15) is 0 Å². The molecule has 1 fully saturated rings. The van der Waals surface area contributed by atoms with Crippen LogP contribution >= 0.6 is 11.6 Å². The third-order valence-electron chi connectivity index (χ3n) is 3.97. The molecule has 0 saturated heterocycles. The first-order valence-corrected chi connectivity index (χ1v) is 7.26. The molecule has 19 heavy (non-hydrogen) atoms. The largest absolute Gasteiger partial charge is 0.396 e. The van der Waals surface area contributed by atoms with Crippen LogP contribution in [0.25, 0.3) is 0 Å². The summed E-state index contributed by atoms with van der Waals surface area (Å²) < 4.78 is 0. The summed E-state index contributed by atoms with van der Waals surface area (Å²) in [5.74, 6) is 0.313. The zero-order valence-corrected chi connectivity index (χ0v) is 11.7. The number of aliphatic hydroxyl groups excluding tert-OH is 1. The molecule has 1 saturated carbocycles. The number of aliphatic hydroxyl groups is 1. The number of carbonyl (C=O) groups is 1. The minimum absolute atomic E-state index is 0.0910. The van der Waals surface area contributed by atoms with Gasteiger partial charge in [0.2, 0.25) is 0 Å². The summed E-state index contributed by atoms with van der Waals surface area (Å²) in [6.45, 7) is 0.697. The van der Waals surface area contributed by atoms with Crippen LogP contribution in [0, 0.1) is 5.41 Å². The predicted octanol–water partition coefficient (Wildman–Crippen LogP) is 2.71. The van der Waals surface area contributed by atoms with E-state index in [-0.39, 0.29) is 17.9 Å². The molecule has 0 unspecified atom stereocenters. The molecule has 1 amide bonds. The van der Waals surface area contributed by atoms with Crippen LogP contribution in [0.4, 0.5) is 0 Å². The molecule has 0 aliphatic heterocycles. The van der Waals surface area contributed by atoms with E-state index in [0.29, 0.717) is 18.0 Å². The second kappa shape index (κ2) is 6.40. The van der Waals surface area contributed by atoms with Crippen molar-refractivity contribution in [3.05, 3.63) is 35.4 Å². The zero-order chi connectivity index (χ0) is 13.7. The van der Waals surface area contributed by atoms with E-state index in [4.69, 9.17) is 11.6 Å². The second-order valence-corrected chi connectivity index (χ2v) is 5.65. The third kappa shape index (κ3) is 3.48. The summed E-state index contributed by atoms with van der Waals surface area (Å²) in [5.41, 5.74) is 1.45. The lowest BCUT2D eigenvalue weighted by molar-refractivity contribution is 0.0880. The van der Waals surface area contributed by atoms with Crippen LogP contribution in [0.5, 0.6) is 0 Å². The van der Waals surface area contributed by atoms with Crippen LogP contribution in [0.3, 0.4) is 0 Å². The van der Waals surface area contributed by atoms with Gasteiger partial charge in [-0.1, -0.05) is 25.0 Å². The lowest BCUT2D eigenvalue weighted by Crippen LogP contribution is -2.38. The number of alkyl halides is 1. The predicted molar refractivity (Wildman–Crippen MR) is 76.3 cm³/mol. The topological polar surface area (TPSA) is 49.3 Å². The Morgan fingerprint density at radius 3 is 2.74 bits per heavy atom. The molecule has 1 aliphatic rings. The van der Waals surface area contributed by atoms with E-state index in [1.165, 1.54) is 0 Å². The molecule has 1 aliphatic carbocycles. The van der Waals surface area contributed by atoms with Gasteiger partial charge in [-0.05, 0) is 30.5 Å². The summed E-state index contributed by atoms with van der Waals surface area (Å²) in [6.07, 6.45) is 4.26. The van der Waals surface area contributed by atoms with Gasteiger partial charge < -0.3 is 10.4 Å². The first-order chi connectivity index (χ1) is 9.19. The maximum Gasteiger partial charge on any atom is 0.251 e. The van der Waals surface area contributed by atoms with Gasteiger partial charge in [0.15, 0.2) is 0 Å². The summed E-state index contributed by atoms with van der Waals surface area (Å²) in [6, 6.07) is 7.33. The van der Waals surface area contributed by atoms with Crippen LogP contribution in [-0.4, -0.2) is 24.2 Å². The molecule has 0 aromatic heterocycles. The first kappa shape index (κ1) is 14.4. The molecule has 0 atom stereocenters. The Kier molecular flexibility index (Phi) is 4.83. The summed E-state index contributed by atoms with van der Waals surface area (Å²) in [7, 11) is 0. The second-order valence-electron chi connectivity index (χ2n) is 5.38. The standard InChI is InChI=1S/C15H20ClNO2/c16-9-12-4-3-5-13(8-12)14(19)17-10-15(11-18)6-1-2-7-15/h3-5,8,18H,1-2,6-7,9-11H2,(H,17,19). The average Bonchev–Trinajstić information content (AvgIpc) is 2.94. The molecular weight excluding hydrogens is 262 g/mol. The van der Waals surface area contributed by atoms with E-state index in [1.807, 2.05) is 18.2 Å². The van der Waals surface area contributed by atoms with Crippen LogP contribution in [0.2, 0.25) is 0 Å². The van der Waals surface area contributed by atoms with Gasteiger partial charge in [0, 0.05) is 23.4 Å². The van der Waals surface area contributed by atoms with E-state index in [9.17, 15) is 9.90 Å². The zero-order valence-electron chi connectivity index (χ0n) is 11.0. The maximum absolute atomic E-state index is 12.1. The fraction of sp³-hybridized carbons (Fsp3) is 0.533. The number of halogens is 1. The lowest BCUT2D eigenvalue weighted by atomic mass is 9.87. The van der Waals surface area contributed by atoms with Crippen molar-refractivity contribution in [2.45, 2.75) is 31.6 Å². The van der Waals surface area contributed by atoms with Gasteiger partial charge >= 0.3 is 0 Å². The van der Waals surface area contributed by atoms with Crippen molar-refractivity contribution in [3.8, 4) is 0 Å². The maximum atomic E-state index is 12.1. The first-order valence-electron chi connectivity index (χ1n) is 6.73. The number of carbonyl (C=O) groups excluding carboxylic acids is 1. The highest BCUT2D eigenvalue weighted by Crippen LogP contribution is 2.36. The van der Waals surface area contributed by atoms with Crippen molar-refractivity contribution >= 4 is 17.5 Å². The van der Waals surface area contributed by atoms with Gasteiger partial charge in [-0.2, -0.15) is 0 Å². The Balaban J connectivity index is 1.97. The minimum atomic E-state index is -0.111. The molecule has 2 rings (SSSR count). The van der Waals surface area contributed by atoms with Crippen LogP contribution < -0.4 is 5.32 Å². The van der Waals surface area contributed by atoms with E-state index in [1.54, 1.807) is 6.07 Å². The summed E-state index contributed by atoms with van der Waals surface area (Å²) >= 11 is 5.76. The van der Waals surface area contributed by atoms with Crippen molar-refractivity contribution in [3.63, 3.8) is 0 Å². The number of benzene rings is 1. The van der Waals surface area contributed by atoms with Crippen molar-refractivity contribution in [1.29, 1.82) is 0 Å². The molecule has 0 radical (unpaired) electrons. The molecule has 104 valence electrons. The quantitative estimate of drug-likeness (QED) is 0.816. The normalized spacial score (nSPS) is 17.4. The Labute approximate surface area is 119 Å². The number of hydrogen-bond donors (Lipinski definition) is 2. The highest BCUT2D eigenvalue weighted by Gasteiger charge is 2.33. The van der Waals surface area contributed by atoms with E-state index >= 15 is 0 Å². The SMILES string of the molecule is O=C(NCC1(CO)CCCC1)c1cccc(CCl)c1. The van der Waals surface area contributed by atoms with Gasteiger partial charge in [-0.25, -0.2) is 0 Å². The number of hydrogen-bond acceptors (Lipinski definition) is 2. The lowest BCUT2D eigenvalue weighted by Gasteiger charge is -2.26. The molecule has 3 nitrogen and oxygen atoms in total. The van der Waals surface area contributed by atoms with Gasteiger partial charge in [0.05, 0.1) is 6.61 Å². The minimum Gasteiger partial charge on any atom is -0.396 e. The number of amides is 1. The Morgan fingerprint density at radius 2 is 2.11 bits per heavy atom. The Hall–Kier alpha value is -1.06. The molecule has 0 heterocycles. The van der Waals surface area contributed by atoms with Crippen LogP contribution in [-0.2, 0) is 5.88 Å². The Bertz CT molecular complexity index is 442. The summed E-state index contributed by atoms with van der Waals surface area (Å²) in [5, 5.41) is 12.5. The fourth-order valence-electron chi connectivity index (χ4n) is 2.68. The molecule has 4 heteroatoms. The average molecular weight is 282 g/mol. The molecule has 2 N–H and O–H groups in total. The van der Waals surface area contributed by atoms with E-state index < -0.39 is 0 Å². The molecule has 1 aromatic rings. The fourth-order valence-corrected chi connectivity index (χ4v) is 2.85. The smallest absolute Gasteiger partial charge is 0.251 e. The van der Waals surface area contributed by atoms with Crippen molar-refractivity contribution in [2.75, 3.05) is 13.2 Å². The molecule has 0 spiro atoms. The van der Waals surface area contributed by atoms with Crippen LogP contribution in [0.15, 0.2) is 24.3 Å². The van der Waals surface area contributed by atoms with Crippen molar-refractivity contribution < 1.29 is 9.90 Å².